The average Bonchev–Trinajstić information content (AvgIpc) is 3.26. The van der Waals surface area contributed by atoms with Crippen LogP contribution in [-0.4, -0.2) is 38.3 Å². The molecular formula is C28H19FN6O2. The Balaban J connectivity index is 1.45. The highest BCUT2D eigenvalue weighted by molar-refractivity contribution is 6.20. The van der Waals surface area contributed by atoms with E-state index in [0.29, 0.717) is 33.7 Å². The number of carbonyl (C=O) groups excluding carboxylic acids is 2. The summed E-state index contributed by atoms with van der Waals surface area (Å²) in [5.41, 5.74) is 3.22. The van der Waals surface area contributed by atoms with Crippen LogP contribution in [0.2, 0.25) is 0 Å². The number of fused-ring (bicyclic) bond motifs is 2. The second kappa shape index (κ2) is 9.12. The van der Waals surface area contributed by atoms with Crippen molar-refractivity contribution in [2.75, 3.05) is 5.32 Å². The molecule has 0 radical (unpaired) electrons. The van der Waals surface area contributed by atoms with Crippen LogP contribution in [0.15, 0.2) is 102 Å². The molecular weight excluding hydrogens is 471 g/mol. The van der Waals surface area contributed by atoms with Crippen LogP contribution in [-0.2, 0) is 4.79 Å². The molecule has 0 aliphatic carbocycles. The zero-order valence-corrected chi connectivity index (χ0v) is 19.3. The van der Waals surface area contributed by atoms with Crippen molar-refractivity contribution < 1.29 is 14.0 Å². The summed E-state index contributed by atoms with van der Waals surface area (Å²) in [5, 5.41) is 9.59. The van der Waals surface area contributed by atoms with Crippen LogP contribution in [0.5, 0.6) is 0 Å². The van der Waals surface area contributed by atoms with Crippen molar-refractivity contribution >= 4 is 28.9 Å². The van der Waals surface area contributed by atoms with Crippen molar-refractivity contribution in [3.8, 4) is 11.3 Å². The van der Waals surface area contributed by atoms with E-state index < -0.39 is 23.8 Å². The fourth-order valence-corrected chi connectivity index (χ4v) is 4.30. The minimum absolute atomic E-state index is 0.00768. The monoisotopic (exact) mass is 490 g/mol. The fraction of sp³-hybridized carbons (Fsp3) is 0.0357. The number of anilines is 1. The first kappa shape index (κ1) is 22.3. The maximum absolute atomic E-state index is 14.8. The number of benzodiazepines with no additional fused rings is 1. The van der Waals surface area contributed by atoms with Gasteiger partial charge in [-0.2, -0.15) is 5.10 Å². The number of imidazole rings is 1. The molecule has 1 aliphatic rings. The molecule has 3 heterocycles. The molecule has 8 nitrogen and oxygen atoms in total. The number of para-hydroxylation sites is 1. The van der Waals surface area contributed by atoms with Crippen LogP contribution in [0.4, 0.5) is 10.1 Å². The van der Waals surface area contributed by atoms with E-state index in [0.717, 1.165) is 0 Å². The molecule has 2 amide bonds. The number of halogens is 1. The number of benzene rings is 3. The van der Waals surface area contributed by atoms with Gasteiger partial charge < -0.3 is 10.6 Å². The van der Waals surface area contributed by atoms with Gasteiger partial charge in [-0.3, -0.25) is 9.59 Å². The smallest absolute Gasteiger partial charge is 0.274 e. The summed E-state index contributed by atoms with van der Waals surface area (Å²) in [6.45, 7) is 0. The number of carbonyl (C=O) groups is 2. The number of aliphatic imine (C=N–C) groups is 1. The van der Waals surface area contributed by atoms with Gasteiger partial charge in [0.2, 0.25) is 6.17 Å². The van der Waals surface area contributed by atoms with Gasteiger partial charge in [-0.25, -0.2) is 18.9 Å². The third-order valence-electron chi connectivity index (χ3n) is 5.99. The van der Waals surface area contributed by atoms with Crippen LogP contribution in [0.25, 0.3) is 16.9 Å². The third-order valence-corrected chi connectivity index (χ3v) is 5.99. The SMILES string of the molecule is O=C(N[C@H]1N=C(c2ccccc2)c2cccc(F)c2NC1=O)c1c(-c2ccccc2)nc2cccnn12. The summed E-state index contributed by atoms with van der Waals surface area (Å²) < 4.78 is 16.2. The van der Waals surface area contributed by atoms with Crippen molar-refractivity contribution in [2.24, 2.45) is 4.99 Å². The topological polar surface area (TPSA) is 101 Å². The largest absolute Gasteiger partial charge is 0.321 e. The van der Waals surface area contributed by atoms with E-state index in [-0.39, 0.29) is 11.4 Å². The van der Waals surface area contributed by atoms with Crippen LogP contribution >= 0.6 is 0 Å². The Bertz CT molecular complexity index is 1680. The van der Waals surface area contributed by atoms with Crippen LogP contribution < -0.4 is 10.6 Å². The quantitative estimate of drug-likeness (QED) is 0.396. The van der Waals surface area contributed by atoms with E-state index in [9.17, 15) is 14.0 Å². The Hall–Kier alpha value is -5.18. The fourth-order valence-electron chi connectivity index (χ4n) is 4.30. The van der Waals surface area contributed by atoms with Gasteiger partial charge in [-0.05, 0) is 18.2 Å². The van der Waals surface area contributed by atoms with E-state index in [1.165, 1.54) is 10.6 Å². The lowest BCUT2D eigenvalue weighted by Gasteiger charge is -2.14. The molecule has 3 aromatic carbocycles. The molecule has 37 heavy (non-hydrogen) atoms. The molecule has 2 N–H and O–H groups in total. The predicted octanol–water partition coefficient (Wildman–Crippen LogP) is 4.08. The Morgan fingerprint density at radius 3 is 2.38 bits per heavy atom. The van der Waals surface area contributed by atoms with E-state index in [4.69, 9.17) is 0 Å². The van der Waals surface area contributed by atoms with Crippen molar-refractivity contribution in [3.05, 3.63) is 120 Å². The first-order valence-electron chi connectivity index (χ1n) is 11.5. The summed E-state index contributed by atoms with van der Waals surface area (Å²) in [5.74, 6) is -1.87. The van der Waals surface area contributed by atoms with E-state index >= 15 is 0 Å². The van der Waals surface area contributed by atoms with Gasteiger partial charge in [0.1, 0.15) is 11.5 Å². The van der Waals surface area contributed by atoms with Crippen LogP contribution in [0.1, 0.15) is 21.6 Å². The molecule has 6 rings (SSSR count). The number of hydrogen-bond donors (Lipinski definition) is 2. The maximum Gasteiger partial charge on any atom is 0.274 e. The lowest BCUT2D eigenvalue weighted by Crippen LogP contribution is -2.43. The summed E-state index contributed by atoms with van der Waals surface area (Å²) in [6, 6.07) is 26.3. The van der Waals surface area contributed by atoms with Gasteiger partial charge in [0.25, 0.3) is 11.8 Å². The maximum atomic E-state index is 14.8. The molecule has 180 valence electrons. The summed E-state index contributed by atoms with van der Waals surface area (Å²) in [7, 11) is 0. The van der Waals surface area contributed by atoms with Gasteiger partial charge in [0.15, 0.2) is 11.3 Å². The van der Waals surface area contributed by atoms with Crippen LogP contribution in [0, 0.1) is 5.82 Å². The number of rotatable bonds is 4. The predicted molar refractivity (Wildman–Crippen MR) is 137 cm³/mol. The minimum atomic E-state index is -1.34. The van der Waals surface area contributed by atoms with Gasteiger partial charge in [-0.15, -0.1) is 0 Å². The minimum Gasteiger partial charge on any atom is -0.321 e. The average molecular weight is 490 g/mol. The summed E-state index contributed by atoms with van der Waals surface area (Å²) in [4.78, 5) is 36.1. The van der Waals surface area contributed by atoms with Gasteiger partial charge >= 0.3 is 0 Å². The number of hydrogen-bond acceptors (Lipinski definition) is 5. The Kier molecular flexibility index (Phi) is 5.49. The van der Waals surface area contributed by atoms with Gasteiger partial charge in [0, 0.05) is 22.9 Å². The Labute approximate surface area is 210 Å². The molecule has 9 heteroatoms. The zero-order valence-electron chi connectivity index (χ0n) is 19.3. The zero-order chi connectivity index (χ0) is 25.4. The number of nitrogens with zero attached hydrogens (tertiary/aromatic N) is 4. The lowest BCUT2D eigenvalue weighted by atomic mass is 10.0. The van der Waals surface area contributed by atoms with E-state index in [1.807, 2.05) is 60.7 Å². The van der Waals surface area contributed by atoms with Gasteiger partial charge in [0.05, 0.1) is 11.4 Å². The lowest BCUT2D eigenvalue weighted by molar-refractivity contribution is -0.117. The molecule has 0 bridgehead atoms. The van der Waals surface area contributed by atoms with Gasteiger partial charge in [-0.1, -0.05) is 72.8 Å². The van der Waals surface area contributed by atoms with Crippen molar-refractivity contribution in [3.63, 3.8) is 0 Å². The van der Waals surface area contributed by atoms with E-state index in [2.05, 4.69) is 25.7 Å². The van der Waals surface area contributed by atoms with E-state index in [1.54, 1.807) is 30.5 Å². The Morgan fingerprint density at radius 2 is 1.62 bits per heavy atom. The molecule has 0 saturated carbocycles. The molecule has 0 spiro atoms. The molecule has 1 atom stereocenters. The molecule has 0 unspecified atom stereocenters. The molecule has 5 aromatic rings. The standard InChI is InChI=1S/C28H19FN6O2/c29-20-14-7-13-19-22(17-9-3-1-4-10-17)32-26(28(37)33-24(19)20)34-27(36)25-23(18-11-5-2-6-12-18)31-21-15-8-16-30-35(21)25/h1-16,26H,(H,33,37)(H,34,36)/t26-/m1/s1. The molecule has 1 aliphatic heterocycles. The van der Waals surface area contributed by atoms with Crippen LogP contribution in [0.3, 0.4) is 0 Å². The first-order chi connectivity index (χ1) is 18.1. The first-order valence-corrected chi connectivity index (χ1v) is 11.5. The summed E-state index contributed by atoms with van der Waals surface area (Å²) in [6.07, 6.45) is 0.205. The highest BCUT2D eigenvalue weighted by Gasteiger charge is 2.31. The molecule has 0 fully saturated rings. The normalized spacial score (nSPS) is 14.9. The van der Waals surface area contributed by atoms with Crippen molar-refractivity contribution in [1.29, 1.82) is 0 Å². The number of amides is 2. The molecule has 2 aromatic heterocycles. The highest BCUT2D eigenvalue weighted by atomic mass is 19.1. The highest BCUT2D eigenvalue weighted by Crippen LogP contribution is 2.27. The third kappa shape index (κ3) is 4.02. The second-order valence-corrected chi connectivity index (χ2v) is 8.34. The number of aromatic nitrogens is 3. The van der Waals surface area contributed by atoms with Crippen molar-refractivity contribution in [1.82, 2.24) is 19.9 Å². The second-order valence-electron chi connectivity index (χ2n) is 8.34. The van der Waals surface area contributed by atoms with Crippen molar-refractivity contribution in [2.45, 2.75) is 6.17 Å². The molecule has 0 saturated heterocycles. The summed E-state index contributed by atoms with van der Waals surface area (Å²) >= 11 is 0. The number of nitrogens with one attached hydrogen (secondary N) is 2. The Morgan fingerprint density at radius 1 is 0.892 bits per heavy atom.